The Morgan fingerprint density at radius 1 is 0.977 bits per heavy atom. The summed E-state index contributed by atoms with van der Waals surface area (Å²) in [6.45, 7) is 7.26. The Morgan fingerprint density at radius 2 is 1.68 bits per heavy atom. The van der Waals surface area contributed by atoms with Crippen LogP contribution in [0.25, 0.3) is 11.3 Å². The summed E-state index contributed by atoms with van der Waals surface area (Å²) in [5.41, 5.74) is 2.58. The van der Waals surface area contributed by atoms with Crippen LogP contribution >= 0.6 is 23.2 Å². The van der Waals surface area contributed by atoms with Gasteiger partial charge >= 0.3 is 5.97 Å². The molecule has 0 bridgehead atoms. The molecule has 0 radical (unpaired) electrons. The molecule has 10 nitrogen and oxygen atoms in total. The molecule has 3 aliphatic heterocycles. The van der Waals surface area contributed by atoms with Gasteiger partial charge in [-0.15, -0.1) is 0 Å². The van der Waals surface area contributed by atoms with Gasteiger partial charge < -0.3 is 19.6 Å². The normalized spacial score (nSPS) is 20.9. The number of carbonyl (C=O) groups excluding carboxylic acids is 1. The molecule has 1 unspecified atom stereocenters. The maximum absolute atomic E-state index is 11.9. The van der Waals surface area contributed by atoms with Gasteiger partial charge in [0, 0.05) is 73.2 Å². The molecule has 1 atom stereocenters. The number of carboxylic acids is 1. The number of ether oxygens (including phenoxy) is 1. The van der Waals surface area contributed by atoms with Gasteiger partial charge in [0.2, 0.25) is 17.7 Å². The van der Waals surface area contributed by atoms with E-state index in [-0.39, 0.29) is 23.7 Å². The number of hydrogen-bond donors (Lipinski definition) is 1. The minimum Gasteiger partial charge on any atom is -0.481 e. The molecular weight excluding hydrogens is 603 g/mol. The molecule has 232 valence electrons. The Labute approximate surface area is 267 Å². The number of aliphatic carboxylic acids is 1. The highest BCUT2D eigenvalue weighted by Crippen LogP contribution is 2.40. The summed E-state index contributed by atoms with van der Waals surface area (Å²) in [6, 6.07) is 9.25. The topological polar surface area (TPSA) is 112 Å². The van der Waals surface area contributed by atoms with E-state index in [1.165, 1.54) is 0 Å². The van der Waals surface area contributed by atoms with E-state index in [0.29, 0.717) is 39.9 Å². The van der Waals surface area contributed by atoms with Crippen LogP contribution in [0.2, 0.25) is 10.0 Å². The van der Waals surface area contributed by atoms with Crippen LogP contribution in [0.5, 0.6) is 11.6 Å². The lowest BCUT2D eigenvalue weighted by molar-refractivity contribution is -0.138. The summed E-state index contributed by atoms with van der Waals surface area (Å²) in [5.74, 6) is 1.14. The first-order chi connectivity index (χ1) is 21.1. The number of piperidine rings is 1. The van der Waals surface area contributed by atoms with Gasteiger partial charge in [-0.3, -0.25) is 14.5 Å². The van der Waals surface area contributed by atoms with Crippen LogP contribution in [0.4, 0.5) is 5.95 Å². The minimum atomic E-state index is -0.736. The second-order valence-electron chi connectivity index (χ2n) is 12.4. The lowest BCUT2D eigenvalue weighted by Gasteiger charge is -2.31. The molecule has 0 saturated carbocycles. The molecule has 1 spiro atoms. The van der Waals surface area contributed by atoms with E-state index in [2.05, 4.69) is 19.8 Å². The Balaban J connectivity index is 1.17. The number of halogens is 2. The van der Waals surface area contributed by atoms with Crippen molar-refractivity contribution >= 4 is 41.0 Å². The largest absolute Gasteiger partial charge is 0.481 e. The first-order valence-corrected chi connectivity index (χ1v) is 15.8. The van der Waals surface area contributed by atoms with Crippen molar-refractivity contribution in [3.8, 4) is 22.9 Å². The van der Waals surface area contributed by atoms with Crippen molar-refractivity contribution in [1.29, 1.82) is 0 Å². The average Bonchev–Trinajstić information content (AvgIpc) is 3.60. The van der Waals surface area contributed by atoms with Crippen LogP contribution in [0.1, 0.15) is 44.6 Å². The van der Waals surface area contributed by atoms with Crippen LogP contribution in [-0.4, -0.2) is 81.0 Å². The van der Waals surface area contributed by atoms with Crippen molar-refractivity contribution < 1.29 is 19.4 Å². The molecule has 3 aromatic rings. The molecule has 12 heteroatoms. The third-order valence-electron chi connectivity index (χ3n) is 9.04. The predicted molar refractivity (Wildman–Crippen MR) is 168 cm³/mol. The lowest BCUT2D eigenvalue weighted by Crippen LogP contribution is -2.33. The highest BCUT2D eigenvalue weighted by atomic mass is 35.5. The average molecular weight is 640 g/mol. The maximum Gasteiger partial charge on any atom is 0.303 e. The van der Waals surface area contributed by atoms with Crippen LogP contribution in [0, 0.1) is 11.3 Å². The number of hydrogen-bond acceptors (Lipinski definition) is 8. The quantitative estimate of drug-likeness (QED) is 0.328. The third-order valence-corrected chi connectivity index (χ3v) is 9.47. The van der Waals surface area contributed by atoms with Crippen LogP contribution in [0.3, 0.4) is 0 Å². The van der Waals surface area contributed by atoms with Crippen LogP contribution in [-0.2, 0) is 16.1 Å². The van der Waals surface area contributed by atoms with Crippen molar-refractivity contribution in [2.75, 3.05) is 44.2 Å². The first kappa shape index (κ1) is 30.6. The van der Waals surface area contributed by atoms with Crippen molar-refractivity contribution in [2.24, 2.45) is 11.3 Å². The molecule has 1 N–H and O–H groups in total. The number of rotatable bonds is 8. The van der Waals surface area contributed by atoms with Gasteiger partial charge in [-0.2, -0.15) is 0 Å². The Morgan fingerprint density at radius 3 is 2.34 bits per heavy atom. The lowest BCUT2D eigenvalue weighted by atomic mass is 9.86. The highest BCUT2D eigenvalue weighted by molar-refractivity contribution is 6.35. The highest BCUT2D eigenvalue weighted by Gasteiger charge is 2.44. The van der Waals surface area contributed by atoms with E-state index >= 15 is 0 Å². The van der Waals surface area contributed by atoms with E-state index in [4.69, 9.17) is 38.0 Å². The van der Waals surface area contributed by atoms with Crippen LogP contribution in [0.15, 0.2) is 42.7 Å². The fourth-order valence-electron chi connectivity index (χ4n) is 6.70. The number of carbonyl (C=O) groups is 2. The maximum atomic E-state index is 11.9. The SMILES string of the molecule is CC(=O)N1CCC2(CCN(c3ncc(Oc4cc(CN5CCC(CC(=O)O)CC5)cc(-c5cc(Cl)cc(Cl)c5)n4)cn3)C2)C1. The fraction of sp³-hybridized carbons (Fsp3) is 0.469. The number of carboxylic acid groups (broad SMARTS) is 1. The Kier molecular flexibility index (Phi) is 8.94. The summed E-state index contributed by atoms with van der Waals surface area (Å²) in [4.78, 5) is 43.4. The van der Waals surface area contributed by atoms with Gasteiger partial charge in [0.15, 0.2) is 5.75 Å². The summed E-state index contributed by atoms with van der Waals surface area (Å²) in [6.07, 6.45) is 7.29. The summed E-state index contributed by atoms with van der Waals surface area (Å²) >= 11 is 12.6. The number of nitrogens with zero attached hydrogens (tertiary/aromatic N) is 6. The number of pyridine rings is 1. The second kappa shape index (κ2) is 12.9. The predicted octanol–water partition coefficient (Wildman–Crippen LogP) is 5.77. The van der Waals surface area contributed by atoms with Gasteiger partial charge in [-0.25, -0.2) is 15.0 Å². The minimum absolute atomic E-state index is 0.111. The van der Waals surface area contributed by atoms with E-state index in [1.54, 1.807) is 25.4 Å². The number of benzene rings is 1. The smallest absolute Gasteiger partial charge is 0.303 e. The molecule has 3 saturated heterocycles. The van der Waals surface area contributed by atoms with Gasteiger partial charge in [0.1, 0.15) is 0 Å². The molecule has 3 fully saturated rings. The molecule has 1 amide bonds. The summed E-state index contributed by atoms with van der Waals surface area (Å²) in [5, 5.41) is 10.2. The Bertz CT molecular complexity index is 1510. The number of anilines is 1. The van der Waals surface area contributed by atoms with E-state index in [1.807, 2.05) is 29.2 Å². The molecule has 2 aromatic heterocycles. The summed E-state index contributed by atoms with van der Waals surface area (Å²) < 4.78 is 6.19. The van der Waals surface area contributed by atoms with Crippen molar-refractivity contribution in [1.82, 2.24) is 24.8 Å². The molecule has 5 heterocycles. The van der Waals surface area contributed by atoms with Gasteiger partial charge in [0.25, 0.3) is 0 Å². The monoisotopic (exact) mass is 638 g/mol. The summed E-state index contributed by atoms with van der Waals surface area (Å²) in [7, 11) is 0. The molecule has 6 rings (SSSR count). The first-order valence-electron chi connectivity index (χ1n) is 15.0. The zero-order valence-corrected chi connectivity index (χ0v) is 26.2. The molecule has 0 aliphatic carbocycles. The second-order valence-corrected chi connectivity index (χ2v) is 13.2. The molecule has 3 aliphatic rings. The van der Waals surface area contributed by atoms with Crippen molar-refractivity contribution in [3.63, 3.8) is 0 Å². The molecular formula is C32H36Cl2N6O4. The third kappa shape index (κ3) is 7.25. The zero-order valence-electron chi connectivity index (χ0n) is 24.7. The Hall–Kier alpha value is -3.47. The van der Waals surface area contributed by atoms with Gasteiger partial charge in [-0.1, -0.05) is 23.2 Å². The number of likely N-dealkylation sites (tertiary alicyclic amines) is 2. The molecule has 44 heavy (non-hydrogen) atoms. The van der Waals surface area contributed by atoms with Crippen LogP contribution < -0.4 is 9.64 Å². The number of aromatic nitrogens is 3. The van der Waals surface area contributed by atoms with E-state index in [9.17, 15) is 9.59 Å². The fourth-order valence-corrected chi connectivity index (χ4v) is 7.22. The zero-order chi connectivity index (χ0) is 30.8. The molecule has 1 aromatic carbocycles. The van der Waals surface area contributed by atoms with E-state index in [0.717, 1.165) is 76.1 Å². The van der Waals surface area contributed by atoms with Gasteiger partial charge in [0.05, 0.1) is 18.1 Å². The van der Waals surface area contributed by atoms with Crippen molar-refractivity contribution in [2.45, 2.75) is 45.6 Å². The van der Waals surface area contributed by atoms with Gasteiger partial charge in [-0.05, 0) is 74.5 Å². The van der Waals surface area contributed by atoms with E-state index < -0.39 is 5.97 Å². The van der Waals surface area contributed by atoms with Crippen molar-refractivity contribution in [3.05, 3.63) is 58.3 Å². The number of amides is 1. The standard InChI is InChI=1S/C32H36Cl2N6O4/c1-21(41)39-8-4-32(19-39)5-9-40(20-32)31-35-16-27(17-36-31)44-29-11-23(18-38-6-2-22(3-7-38)12-30(42)43)10-28(37-29)24-13-25(33)15-26(34)14-24/h10-11,13-17,22H,2-9,12,18-20H2,1H3,(H,42,43).